The van der Waals surface area contributed by atoms with Gasteiger partial charge in [0.05, 0.1) is 22.4 Å². The van der Waals surface area contributed by atoms with E-state index in [2.05, 4.69) is 162 Å². The largest absolute Gasteiger partial charge is 0.438 e. The van der Waals surface area contributed by atoms with Crippen LogP contribution in [-0.2, 0) is 0 Å². The third-order valence-electron chi connectivity index (χ3n) is 10.7. The normalized spacial score (nSPS) is 11.6. The van der Waals surface area contributed by atoms with Crippen molar-refractivity contribution >= 4 is 71.7 Å². The number of benzene rings is 7. The summed E-state index contributed by atoms with van der Waals surface area (Å²) < 4.78 is 5.99. The number of rotatable bonds is 6. The van der Waals surface area contributed by atoms with Crippen molar-refractivity contribution < 1.29 is 4.42 Å². The maximum Gasteiger partial charge on any atom is 0.227 e. The van der Waals surface area contributed by atoms with Crippen molar-refractivity contribution in [1.82, 2.24) is 15.0 Å². The summed E-state index contributed by atoms with van der Waals surface area (Å²) >= 11 is 0. The molecule has 4 aromatic heterocycles. The lowest BCUT2D eigenvalue weighted by atomic mass is 9.99. The fourth-order valence-corrected chi connectivity index (χ4v) is 7.81. The molecule has 0 aliphatic heterocycles. The van der Waals surface area contributed by atoms with Crippen LogP contribution in [0.2, 0.25) is 0 Å². The van der Waals surface area contributed by atoms with Crippen LogP contribution in [0.15, 0.2) is 199 Å². The third kappa shape index (κ3) is 5.62. The average Bonchev–Trinajstić information content (AvgIpc) is 3.64. The number of nitrogens with zero attached hydrogens (tertiary/aromatic N) is 4. The summed E-state index contributed by atoms with van der Waals surface area (Å²) in [6, 6.07) is 66.1. The number of para-hydroxylation sites is 2. The van der Waals surface area contributed by atoms with E-state index in [1.54, 1.807) is 6.20 Å². The van der Waals surface area contributed by atoms with Gasteiger partial charge in [0.25, 0.3) is 0 Å². The fraction of sp³-hybridized carbons (Fsp3) is 0. The highest BCUT2D eigenvalue weighted by Gasteiger charge is 2.16. The van der Waals surface area contributed by atoms with E-state index in [0.717, 1.165) is 94.3 Å². The Hall–Kier alpha value is -7.63. The molecule has 262 valence electrons. The van der Waals surface area contributed by atoms with Gasteiger partial charge in [-0.25, -0.2) is 15.0 Å². The number of fused-ring (bicyclic) bond motifs is 6. The second-order valence-electron chi connectivity index (χ2n) is 14.1. The summed E-state index contributed by atoms with van der Waals surface area (Å²) in [5.41, 5.74) is 13.0. The van der Waals surface area contributed by atoms with Crippen LogP contribution in [0, 0.1) is 0 Å². The number of anilines is 3. The van der Waals surface area contributed by atoms with Crippen LogP contribution in [0.4, 0.5) is 17.1 Å². The molecule has 0 atom stereocenters. The lowest BCUT2D eigenvalue weighted by molar-refractivity contribution is 0.654. The summed E-state index contributed by atoms with van der Waals surface area (Å²) in [5, 5.41) is 6.69. The maximum absolute atomic E-state index is 5.99. The predicted octanol–water partition coefficient (Wildman–Crippen LogP) is 13.7. The van der Waals surface area contributed by atoms with E-state index in [1.807, 2.05) is 36.4 Å². The van der Waals surface area contributed by atoms with Crippen molar-refractivity contribution in [1.29, 1.82) is 0 Å². The zero-order chi connectivity index (χ0) is 37.0. The minimum Gasteiger partial charge on any atom is -0.438 e. The van der Waals surface area contributed by atoms with Crippen molar-refractivity contribution in [2.24, 2.45) is 0 Å². The van der Waals surface area contributed by atoms with E-state index in [-0.39, 0.29) is 0 Å². The summed E-state index contributed by atoms with van der Waals surface area (Å²) in [6.45, 7) is 0. The lowest BCUT2D eigenvalue weighted by Gasteiger charge is -2.26. The summed E-state index contributed by atoms with van der Waals surface area (Å²) in [6.07, 6.45) is 1.77. The number of aromatic nitrogens is 3. The third-order valence-corrected chi connectivity index (χ3v) is 10.7. The molecule has 0 unspecified atom stereocenters. The van der Waals surface area contributed by atoms with Crippen molar-refractivity contribution in [3.05, 3.63) is 194 Å². The van der Waals surface area contributed by atoms with Gasteiger partial charge in [0.2, 0.25) is 5.71 Å². The van der Waals surface area contributed by atoms with Crippen LogP contribution in [0.3, 0.4) is 0 Å². The molecule has 56 heavy (non-hydrogen) atoms. The SMILES string of the molecule is c1ccc2nc(-c3ccc(N(c4ccc(-c5ccc6ccccc6n5)cc4)c4ccc5cc(-c6ccc7oc8ncccc8c7c6)ccc5c4)cc3)ccc2c1. The molecule has 11 aromatic rings. The Labute approximate surface area is 322 Å². The van der Waals surface area contributed by atoms with Crippen LogP contribution in [0.25, 0.3) is 88.3 Å². The Balaban J connectivity index is 0.974. The molecule has 7 aromatic carbocycles. The summed E-state index contributed by atoms with van der Waals surface area (Å²) in [4.78, 5) is 16.6. The molecule has 0 spiro atoms. The maximum atomic E-state index is 5.99. The molecular weight excluding hydrogens is 685 g/mol. The molecule has 5 nitrogen and oxygen atoms in total. The Bertz CT molecular complexity index is 3140. The molecule has 5 heteroatoms. The van der Waals surface area contributed by atoms with Gasteiger partial charge in [-0.05, 0) is 113 Å². The van der Waals surface area contributed by atoms with E-state index >= 15 is 0 Å². The molecule has 4 heterocycles. The van der Waals surface area contributed by atoms with Crippen LogP contribution < -0.4 is 4.90 Å². The van der Waals surface area contributed by atoms with Gasteiger partial charge >= 0.3 is 0 Å². The van der Waals surface area contributed by atoms with Gasteiger partial charge < -0.3 is 9.32 Å². The summed E-state index contributed by atoms with van der Waals surface area (Å²) in [7, 11) is 0. The Morgan fingerprint density at radius 3 is 1.59 bits per heavy atom. The van der Waals surface area contributed by atoms with Crippen molar-refractivity contribution in [3.8, 4) is 33.6 Å². The van der Waals surface area contributed by atoms with E-state index in [1.165, 1.54) is 5.39 Å². The first kappa shape index (κ1) is 31.9. The van der Waals surface area contributed by atoms with Crippen molar-refractivity contribution in [2.75, 3.05) is 4.90 Å². The molecule has 11 rings (SSSR count). The first-order chi connectivity index (χ1) is 27.7. The van der Waals surface area contributed by atoms with Crippen LogP contribution in [0.1, 0.15) is 0 Å². The standard InChI is InChI=1S/C51H32N4O/c1-3-9-46-33(6-1)18-26-48(53-46)35-13-21-41(22-14-35)55(42-23-15-36(16-24-42)49-27-19-34-7-2-4-10-47(34)54-49)43-25-17-38-30-37(11-12-39(38)31-43)40-20-28-50-45(32-40)44-8-5-29-52-51(44)56-50/h1-32H. The Morgan fingerprint density at radius 1 is 0.375 bits per heavy atom. The Morgan fingerprint density at radius 2 is 0.911 bits per heavy atom. The number of hydrogen-bond donors (Lipinski definition) is 0. The molecular formula is C51H32N4O. The van der Waals surface area contributed by atoms with Gasteiger partial charge in [-0.15, -0.1) is 0 Å². The lowest BCUT2D eigenvalue weighted by Crippen LogP contribution is -2.10. The Kier molecular flexibility index (Phi) is 7.42. The van der Waals surface area contributed by atoms with Crippen LogP contribution >= 0.6 is 0 Å². The van der Waals surface area contributed by atoms with E-state index in [9.17, 15) is 0 Å². The molecule has 0 aliphatic carbocycles. The van der Waals surface area contributed by atoms with E-state index < -0.39 is 0 Å². The van der Waals surface area contributed by atoms with E-state index in [0.29, 0.717) is 5.71 Å². The zero-order valence-electron chi connectivity index (χ0n) is 30.2. The smallest absolute Gasteiger partial charge is 0.227 e. The molecule has 0 radical (unpaired) electrons. The van der Waals surface area contributed by atoms with Gasteiger partial charge in [-0.1, -0.05) is 97.1 Å². The minimum atomic E-state index is 0.662. The molecule has 0 fully saturated rings. The first-order valence-corrected chi connectivity index (χ1v) is 18.7. The highest BCUT2D eigenvalue weighted by atomic mass is 16.3. The first-order valence-electron chi connectivity index (χ1n) is 18.7. The van der Waals surface area contributed by atoms with Gasteiger partial charge in [-0.3, -0.25) is 0 Å². The number of pyridine rings is 3. The van der Waals surface area contributed by atoms with Crippen molar-refractivity contribution in [2.45, 2.75) is 0 Å². The second-order valence-corrected chi connectivity index (χ2v) is 14.1. The molecule has 0 saturated carbocycles. The average molecular weight is 717 g/mol. The van der Waals surface area contributed by atoms with E-state index in [4.69, 9.17) is 14.4 Å². The number of furan rings is 1. The van der Waals surface area contributed by atoms with Crippen molar-refractivity contribution in [3.63, 3.8) is 0 Å². The van der Waals surface area contributed by atoms with Gasteiger partial charge in [0.15, 0.2) is 0 Å². The van der Waals surface area contributed by atoms with Crippen LogP contribution in [0.5, 0.6) is 0 Å². The molecule has 0 N–H and O–H groups in total. The van der Waals surface area contributed by atoms with Crippen LogP contribution in [-0.4, -0.2) is 15.0 Å². The minimum absolute atomic E-state index is 0.662. The number of hydrogen-bond acceptors (Lipinski definition) is 5. The second kappa shape index (κ2) is 13.0. The fourth-order valence-electron chi connectivity index (χ4n) is 7.81. The highest BCUT2D eigenvalue weighted by molar-refractivity contribution is 6.05. The topological polar surface area (TPSA) is 55.1 Å². The zero-order valence-corrected chi connectivity index (χ0v) is 30.2. The molecule has 0 saturated heterocycles. The molecule has 0 aliphatic rings. The van der Waals surface area contributed by atoms with Gasteiger partial charge in [-0.2, -0.15) is 0 Å². The molecule has 0 amide bonds. The quantitative estimate of drug-likeness (QED) is 0.171. The highest BCUT2D eigenvalue weighted by Crippen LogP contribution is 2.39. The molecule has 0 bridgehead atoms. The predicted molar refractivity (Wildman–Crippen MR) is 231 cm³/mol. The summed E-state index contributed by atoms with van der Waals surface area (Å²) in [5.74, 6) is 0. The van der Waals surface area contributed by atoms with Gasteiger partial charge in [0.1, 0.15) is 5.58 Å². The monoisotopic (exact) mass is 716 g/mol. The van der Waals surface area contributed by atoms with Gasteiger partial charge in [0, 0.05) is 55.9 Å².